The van der Waals surface area contributed by atoms with E-state index in [1.54, 1.807) is 0 Å². The van der Waals surface area contributed by atoms with E-state index in [9.17, 15) is 0 Å². The molecule has 0 radical (unpaired) electrons. The summed E-state index contributed by atoms with van der Waals surface area (Å²) >= 11 is 0. The lowest BCUT2D eigenvalue weighted by molar-refractivity contribution is -0.275. The highest BCUT2D eigenvalue weighted by molar-refractivity contribution is 7.88. The van der Waals surface area contributed by atoms with Crippen LogP contribution in [0.3, 0.4) is 0 Å². The van der Waals surface area contributed by atoms with Crippen LogP contribution in [-0.2, 0) is 0 Å². The summed E-state index contributed by atoms with van der Waals surface area (Å²) in [6, 6.07) is 0. The van der Waals surface area contributed by atoms with Crippen molar-refractivity contribution in [3.63, 3.8) is 0 Å². The molecule has 0 aliphatic carbocycles. The summed E-state index contributed by atoms with van der Waals surface area (Å²) in [6.45, 7) is 85.0. The molecule has 0 aliphatic rings. The Labute approximate surface area is 760 Å². The van der Waals surface area contributed by atoms with Gasteiger partial charge in [-0.1, -0.05) is 320 Å². The predicted octanol–water partition coefficient (Wildman–Crippen LogP) is 32.2. The van der Waals surface area contributed by atoms with E-state index >= 15 is 0 Å². The zero-order valence-electron chi connectivity index (χ0n) is 86.1. The van der Waals surface area contributed by atoms with E-state index in [1.165, 1.54) is 0 Å². The second kappa shape index (κ2) is 81.0. The van der Waals surface area contributed by atoms with E-state index in [-0.39, 0.29) is 0 Å². The summed E-state index contributed by atoms with van der Waals surface area (Å²) in [4.78, 5) is 8.44. The quantitative estimate of drug-likeness (QED) is 0.0575. The molecule has 0 aliphatic heterocycles. The van der Waals surface area contributed by atoms with Gasteiger partial charge in [-0.3, -0.25) is 0 Å². The van der Waals surface area contributed by atoms with E-state index in [4.69, 9.17) is 33.1 Å². The normalized spacial score (nSPS) is 12.9. The zero-order valence-corrected chi connectivity index (χ0v) is 90.5. The lowest BCUT2D eigenvalue weighted by Gasteiger charge is -2.52. The smallest absolute Gasteiger partial charge is 0.502 e. The van der Waals surface area contributed by atoms with Crippen molar-refractivity contribution < 1.29 is 15.0 Å². The molecule has 24 heteroatoms. The molecule has 0 fully saturated rings. The fraction of sp³-hybridized carbons (Fsp3) is 0.990. The van der Waals surface area contributed by atoms with E-state index < -0.39 is 44.0 Å². The van der Waals surface area contributed by atoms with Crippen LogP contribution in [0.4, 0.5) is 4.79 Å². The van der Waals surface area contributed by atoms with Crippen LogP contribution in [0, 0.1) is 0 Å². The third-order valence-electron chi connectivity index (χ3n) is 24.0. The SMILES string of the molecule is CCCCN(CCCC)P(=N[P+](N=P(N(CCCC)CCCC)(N(CCCC)CCCC)N(CCCC)CCCC)(N=P(N(CCCC)CCCC)(N(CCCC)CCCC)N(CCCC)CCCC)N=P(N(CCCC)CCCC)(N(CCCC)CCCC)N(CCCC)CCCC)(N(CCCC)CCCC)N(CCCC)CCCC.O=C([O-])O. The van der Waals surface area contributed by atoms with Gasteiger partial charge in [0.25, 0.3) is 0 Å². The number of rotatable bonds is 88. The second-order valence-corrected chi connectivity index (χ2v) is 50.3. The molecule has 0 bridgehead atoms. The van der Waals surface area contributed by atoms with Crippen molar-refractivity contribution in [3.05, 3.63) is 0 Å². The minimum absolute atomic E-state index is 1.03. The van der Waals surface area contributed by atoms with Gasteiger partial charge < -0.3 is 15.0 Å². The molecule has 728 valence electrons. The van der Waals surface area contributed by atoms with Crippen LogP contribution >= 0.6 is 37.9 Å². The summed E-state index contributed by atoms with van der Waals surface area (Å²) in [7, 11) is -17.2. The Morgan fingerprint density at radius 2 is 0.240 bits per heavy atom. The van der Waals surface area contributed by atoms with Gasteiger partial charge in [-0.2, -0.15) is 0 Å². The number of nitrogens with zero attached hydrogens (tertiary/aromatic N) is 16. The number of hydrogen-bond donors (Lipinski definition) is 1. The molecular formula is C97H217N16O3P5. The van der Waals surface area contributed by atoms with Gasteiger partial charge in [-0.05, 0) is 172 Å². The maximum absolute atomic E-state index is 8.44. The summed E-state index contributed by atoms with van der Waals surface area (Å²) in [5, 5.41) is 15.3. The lowest BCUT2D eigenvalue weighted by Crippen LogP contribution is -2.45. The first-order valence-corrected chi connectivity index (χ1v) is 61.2. The average molecular weight is 1810 g/mol. The highest BCUT2D eigenvalue weighted by atomic mass is 31.3. The monoisotopic (exact) mass is 1810 g/mol. The summed E-state index contributed by atoms with van der Waals surface area (Å²) in [6.07, 6.45) is 53.2. The van der Waals surface area contributed by atoms with Crippen molar-refractivity contribution in [2.75, 3.05) is 157 Å². The van der Waals surface area contributed by atoms with Crippen LogP contribution in [0.1, 0.15) is 474 Å². The largest absolute Gasteiger partial charge is 0.565 e. The fourth-order valence-electron chi connectivity index (χ4n) is 16.3. The molecule has 0 rings (SSSR count). The van der Waals surface area contributed by atoms with Crippen LogP contribution in [0.15, 0.2) is 18.1 Å². The number of carbonyl (C=O) groups is 1. The molecule has 0 saturated carbocycles. The lowest BCUT2D eigenvalue weighted by atomic mass is 10.3. The van der Waals surface area contributed by atoms with Gasteiger partial charge in [0.05, 0.1) is 0 Å². The van der Waals surface area contributed by atoms with Gasteiger partial charge in [0.1, 0.15) is 0 Å². The molecule has 0 amide bonds. The second-order valence-electron chi connectivity index (χ2n) is 35.2. The molecule has 0 spiro atoms. The molecule has 0 aromatic rings. The fourth-order valence-corrected chi connectivity index (χ4v) is 43.8. The minimum Gasteiger partial charge on any atom is -0.565 e. The van der Waals surface area contributed by atoms with Gasteiger partial charge in [0.15, 0.2) is 0 Å². The first-order chi connectivity index (χ1) is 58.8. The molecule has 19 nitrogen and oxygen atoms in total. The van der Waals surface area contributed by atoms with Crippen molar-refractivity contribution in [2.24, 2.45) is 18.1 Å². The van der Waals surface area contributed by atoms with Crippen LogP contribution in [0.2, 0.25) is 0 Å². The van der Waals surface area contributed by atoms with Gasteiger partial charge in [0.2, 0.25) is 36.2 Å². The summed E-state index contributed by atoms with van der Waals surface area (Å²) in [5.41, 5.74) is 0. The average Bonchev–Trinajstić information content (AvgIpc) is 0.704. The van der Waals surface area contributed by atoms with Crippen LogP contribution < -0.4 is 5.11 Å². The molecule has 1 N–H and O–H groups in total. The predicted molar refractivity (Wildman–Crippen MR) is 549 cm³/mol. The van der Waals surface area contributed by atoms with Crippen molar-refractivity contribution in [1.82, 2.24) is 56.0 Å². The Balaban J connectivity index is 0. The zero-order chi connectivity index (χ0) is 90.7. The third kappa shape index (κ3) is 45.4. The standard InChI is InChI=1S/C96H216N16P5.CH2O3/c1-25-49-73-101(74-50-26-2)114(102(75-51-27-3)76-52-28-4,103(77-53-29-5)78-54-30-6)97-113(98-115(104(79-55-31-7)80-56-32-8,105(81-57-33-9)82-58-34-10)106(83-59-35-11)84-60-36-12,99-116(107(85-61-37-13)86-62-38-14,108(87-63-39-15)88-64-40-16)109(89-65-41-17)90-66-42-18)100-117(110(91-67-43-19)92-68-44-20,111(93-69-45-21)94-70-46-22)112(95-71-47-23)96-72-48-24;2-1(3)4/h25-96H2,1-24H3;(H2,2,3,4)/q+1;/p-1. The first-order valence-electron chi connectivity index (χ1n) is 53.2. The maximum atomic E-state index is 8.44. The summed E-state index contributed by atoms with van der Waals surface area (Å²) < 4.78 is 73.0. The van der Waals surface area contributed by atoms with Gasteiger partial charge in [-0.25, -0.2) is 56.0 Å². The van der Waals surface area contributed by atoms with Crippen molar-refractivity contribution in [3.8, 4) is 0 Å². The van der Waals surface area contributed by atoms with E-state index in [2.05, 4.69) is 222 Å². The third-order valence-corrected chi connectivity index (χ3v) is 45.6. The minimum atomic E-state index is -4.20. The highest BCUT2D eigenvalue weighted by Gasteiger charge is 2.62. The Morgan fingerprint density at radius 1 is 0.182 bits per heavy atom. The maximum Gasteiger partial charge on any atom is 0.502 e. The Bertz CT molecular complexity index is 1910. The first kappa shape index (κ1) is 123. The number of carboxylic acid groups (broad SMARTS) is 2. The van der Waals surface area contributed by atoms with Gasteiger partial charge in [0, 0.05) is 157 Å². The van der Waals surface area contributed by atoms with Crippen LogP contribution in [0.25, 0.3) is 0 Å². The molecular weight excluding hydrogens is 1590 g/mol. The molecule has 0 saturated heterocycles. The van der Waals surface area contributed by atoms with Crippen LogP contribution in [0.5, 0.6) is 0 Å². The molecule has 0 aromatic carbocycles. The van der Waals surface area contributed by atoms with E-state index in [1.807, 2.05) is 0 Å². The Kier molecular flexibility index (Phi) is 82.4. The molecule has 0 atom stereocenters. The Morgan fingerprint density at radius 3 is 0.289 bits per heavy atom. The van der Waals surface area contributed by atoms with Crippen molar-refractivity contribution in [2.45, 2.75) is 474 Å². The molecule has 121 heavy (non-hydrogen) atoms. The molecule has 0 unspecified atom stereocenters. The molecule has 0 heterocycles. The van der Waals surface area contributed by atoms with Crippen molar-refractivity contribution in [1.29, 1.82) is 0 Å². The van der Waals surface area contributed by atoms with Crippen molar-refractivity contribution >= 4 is 44.0 Å². The highest BCUT2D eigenvalue weighted by Crippen LogP contribution is 2.89. The van der Waals surface area contributed by atoms with E-state index in [0.717, 1.165) is 465 Å². The topological polar surface area (TPSA) is 149 Å². The number of unbranched alkanes of at least 4 members (excludes halogenated alkanes) is 24. The molecule has 0 aromatic heterocycles. The summed E-state index contributed by atoms with van der Waals surface area (Å²) in [5.74, 6) is 0. The van der Waals surface area contributed by atoms with Gasteiger partial charge >= 0.3 is 7.87 Å². The van der Waals surface area contributed by atoms with Crippen LogP contribution in [-0.4, -0.2) is 224 Å². The van der Waals surface area contributed by atoms with E-state index in [0.29, 0.717) is 0 Å². The Hall–Kier alpha value is 0.140. The van der Waals surface area contributed by atoms with Gasteiger partial charge in [-0.15, -0.1) is 0 Å². The number of hydrogen-bond acceptors (Lipinski definition) is 6.